The van der Waals surface area contributed by atoms with E-state index in [-0.39, 0.29) is 28.8 Å². The molecular formula is C20H32O3. The number of rotatable bonds is 2. The average molecular weight is 320 g/mol. The summed E-state index contributed by atoms with van der Waals surface area (Å²) in [5.41, 5.74) is 0.411. The van der Waals surface area contributed by atoms with Crippen molar-refractivity contribution in [2.75, 3.05) is 6.61 Å². The van der Waals surface area contributed by atoms with E-state index in [0.717, 1.165) is 37.7 Å². The van der Waals surface area contributed by atoms with E-state index in [1.54, 1.807) is 0 Å². The lowest BCUT2D eigenvalue weighted by Crippen LogP contribution is -2.59. The van der Waals surface area contributed by atoms with Gasteiger partial charge in [0.25, 0.3) is 0 Å². The van der Waals surface area contributed by atoms with Crippen molar-refractivity contribution in [3.63, 3.8) is 0 Å². The molecule has 3 rings (SSSR count). The van der Waals surface area contributed by atoms with Crippen LogP contribution in [0.15, 0.2) is 24.3 Å². The average Bonchev–Trinajstić information content (AvgIpc) is 2.51. The van der Waals surface area contributed by atoms with Gasteiger partial charge in [-0.05, 0) is 48.0 Å². The molecule has 2 fully saturated rings. The summed E-state index contributed by atoms with van der Waals surface area (Å²) < 4.78 is 0. The first-order valence-electron chi connectivity index (χ1n) is 9.04. The molecule has 7 atom stereocenters. The van der Waals surface area contributed by atoms with Crippen molar-refractivity contribution < 1.29 is 15.3 Å². The maximum Gasteiger partial charge on any atom is 0.0841 e. The molecule has 0 saturated heterocycles. The minimum atomic E-state index is -0.592. The summed E-state index contributed by atoms with van der Waals surface area (Å²) in [6.45, 7) is 10.5. The van der Waals surface area contributed by atoms with Crippen LogP contribution >= 0.6 is 0 Å². The van der Waals surface area contributed by atoms with Crippen LogP contribution in [0.1, 0.15) is 52.9 Å². The third-order valence-corrected chi connectivity index (χ3v) is 7.57. The van der Waals surface area contributed by atoms with Crippen molar-refractivity contribution in [1.29, 1.82) is 0 Å². The highest BCUT2D eigenvalue weighted by atomic mass is 16.3. The molecule has 0 amide bonds. The molecule has 0 spiro atoms. The maximum atomic E-state index is 10.9. The standard InChI is InChI=1S/C20H32O3/c1-5-18(2)10-7-14-13(17(18)23)11-15(22)16-19(3,12-21)8-6-9-20(14,16)4/h5,11,14-17,21-23H,1,6-10,12H2,2-4H3. The summed E-state index contributed by atoms with van der Waals surface area (Å²) in [7, 11) is 0. The molecule has 0 aromatic heterocycles. The van der Waals surface area contributed by atoms with Crippen LogP contribution < -0.4 is 0 Å². The molecule has 0 aromatic carbocycles. The molecule has 0 radical (unpaired) electrons. The van der Waals surface area contributed by atoms with Gasteiger partial charge in [0.05, 0.1) is 12.2 Å². The second kappa shape index (κ2) is 5.44. The molecule has 3 N–H and O–H groups in total. The quantitative estimate of drug-likeness (QED) is 0.685. The van der Waals surface area contributed by atoms with Gasteiger partial charge in [-0.15, -0.1) is 6.58 Å². The molecule has 0 bridgehead atoms. The maximum absolute atomic E-state index is 10.9. The molecule has 7 unspecified atom stereocenters. The van der Waals surface area contributed by atoms with Crippen molar-refractivity contribution in [1.82, 2.24) is 0 Å². The van der Waals surface area contributed by atoms with Gasteiger partial charge in [0.2, 0.25) is 0 Å². The zero-order valence-corrected chi connectivity index (χ0v) is 14.8. The van der Waals surface area contributed by atoms with Gasteiger partial charge in [0.1, 0.15) is 0 Å². The highest BCUT2D eigenvalue weighted by molar-refractivity contribution is 5.31. The minimum absolute atomic E-state index is 0.0529. The van der Waals surface area contributed by atoms with Gasteiger partial charge in [-0.2, -0.15) is 0 Å². The van der Waals surface area contributed by atoms with Crippen LogP contribution in [0.4, 0.5) is 0 Å². The Morgan fingerprint density at radius 1 is 1.22 bits per heavy atom. The van der Waals surface area contributed by atoms with Crippen molar-refractivity contribution in [3.8, 4) is 0 Å². The SMILES string of the molecule is C=CC1(C)CCC2C(=CC(O)C3C(C)(CO)CCCC23C)C1O. The molecule has 130 valence electrons. The fourth-order valence-electron chi connectivity index (χ4n) is 6.11. The van der Waals surface area contributed by atoms with Gasteiger partial charge >= 0.3 is 0 Å². The largest absolute Gasteiger partial charge is 0.396 e. The minimum Gasteiger partial charge on any atom is -0.396 e. The van der Waals surface area contributed by atoms with E-state index < -0.39 is 12.2 Å². The summed E-state index contributed by atoms with van der Waals surface area (Å²) in [6.07, 6.45) is 7.67. The topological polar surface area (TPSA) is 60.7 Å². The Hall–Kier alpha value is -0.640. The molecule has 3 aliphatic carbocycles. The van der Waals surface area contributed by atoms with Crippen molar-refractivity contribution in [2.24, 2.45) is 28.1 Å². The van der Waals surface area contributed by atoms with Gasteiger partial charge in [0, 0.05) is 17.9 Å². The monoisotopic (exact) mass is 320 g/mol. The zero-order chi connectivity index (χ0) is 17.0. The highest BCUT2D eigenvalue weighted by Crippen LogP contribution is 2.63. The molecule has 0 aliphatic heterocycles. The van der Waals surface area contributed by atoms with Gasteiger partial charge in [-0.3, -0.25) is 0 Å². The molecule has 0 aromatic rings. The van der Waals surface area contributed by atoms with Gasteiger partial charge in [-0.1, -0.05) is 39.3 Å². The van der Waals surface area contributed by atoms with E-state index in [9.17, 15) is 15.3 Å². The van der Waals surface area contributed by atoms with Crippen LogP contribution in [0, 0.1) is 28.1 Å². The Labute approximate surface area is 140 Å². The second-order valence-electron chi connectivity index (χ2n) is 9.01. The Kier molecular flexibility index (Phi) is 4.06. The van der Waals surface area contributed by atoms with Crippen LogP contribution in [-0.4, -0.2) is 34.1 Å². The van der Waals surface area contributed by atoms with Crippen LogP contribution in [0.2, 0.25) is 0 Å². The fourth-order valence-corrected chi connectivity index (χ4v) is 6.11. The van der Waals surface area contributed by atoms with Crippen LogP contribution in [0.5, 0.6) is 0 Å². The van der Waals surface area contributed by atoms with Gasteiger partial charge in [-0.25, -0.2) is 0 Å². The first-order valence-corrected chi connectivity index (χ1v) is 9.04. The number of hydrogen-bond donors (Lipinski definition) is 3. The zero-order valence-electron chi connectivity index (χ0n) is 14.8. The number of aliphatic hydroxyl groups is 3. The number of aliphatic hydroxyl groups excluding tert-OH is 3. The third kappa shape index (κ3) is 2.27. The predicted octanol–water partition coefficient (Wildman–Crippen LogP) is 3.06. The molecule has 3 aliphatic rings. The first kappa shape index (κ1) is 17.2. The predicted molar refractivity (Wildman–Crippen MR) is 91.8 cm³/mol. The van der Waals surface area contributed by atoms with Crippen LogP contribution in [0.25, 0.3) is 0 Å². The molecule has 3 heteroatoms. The molecule has 3 nitrogen and oxygen atoms in total. The lowest BCUT2D eigenvalue weighted by atomic mass is 9.44. The lowest BCUT2D eigenvalue weighted by molar-refractivity contribution is -0.134. The van der Waals surface area contributed by atoms with E-state index >= 15 is 0 Å². The summed E-state index contributed by atoms with van der Waals surface area (Å²) in [4.78, 5) is 0. The third-order valence-electron chi connectivity index (χ3n) is 7.57. The van der Waals surface area contributed by atoms with Crippen molar-refractivity contribution in [3.05, 3.63) is 24.3 Å². The summed E-state index contributed by atoms with van der Waals surface area (Å²) in [5, 5.41) is 31.8. The highest BCUT2D eigenvalue weighted by Gasteiger charge is 2.59. The fraction of sp³-hybridized carbons (Fsp3) is 0.800. The number of fused-ring (bicyclic) bond motifs is 3. The smallest absolute Gasteiger partial charge is 0.0841 e. The van der Waals surface area contributed by atoms with E-state index in [4.69, 9.17) is 0 Å². The Morgan fingerprint density at radius 2 is 1.91 bits per heavy atom. The normalized spacial score (nSPS) is 53.0. The van der Waals surface area contributed by atoms with Crippen LogP contribution in [-0.2, 0) is 0 Å². The Balaban J connectivity index is 2.07. The van der Waals surface area contributed by atoms with Crippen molar-refractivity contribution >= 4 is 0 Å². The lowest BCUT2D eigenvalue weighted by Gasteiger charge is -2.61. The molecular weight excluding hydrogens is 288 g/mol. The van der Waals surface area contributed by atoms with E-state index in [1.165, 1.54) is 0 Å². The molecule has 23 heavy (non-hydrogen) atoms. The van der Waals surface area contributed by atoms with E-state index in [0.29, 0.717) is 5.92 Å². The van der Waals surface area contributed by atoms with E-state index in [2.05, 4.69) is 27.4 Å². The summed E-state index contributed by atoms with van der Waals surface area (Å²) in [5.74, 6) is 0.355. The first-order chi connectivity index (χ1) is 10.7. The van der Waals surface area contributed by atoms with Gasteiger partial charge in [0.15, 0.2) is 0 Å². The number of hydrogen-bond acceptors (Lipinski definition) is 3. The molecule has 2 saturated carbocycles. The van der Waals surface area contributed by atoms with Crippen LogP contribution in [0.3, 0.4) is 0 Å². The van der Waals surface area contributed by atoms with Gasteiger partial charge < -0.3 is 15.3 Å². The van der Waals surface area contributed by atoms with E-state index in [1.807, 2.05) is 12.2 Å². The van der Waals surface area contributed by atoms with Crippen molar-refractivity contribution in [2.45, 2.75) is 65.1 Å². The Bertz CT molecular complexity index is 527. The Morgan fingerprint density at radius 3 is 2.52 bits per heavy atom. The molecule has 0 heterocycles. The second-order valence-corrected chi connectivity index (χ2v) is 9.01. The summed E-state index contributed by atoms with van der Waals surface area (Å²) in [6, 6.07) is 0. The summed E-state index contributed by atoms with van der Waals surface area (Å²) >= 11 is 0.